The molecule has 1 atom stereocenters. The van der Waals surface area contributed by atoms with Gasteiger partial charge < -0.3 is 15.5 Å². The number of rotatable bonds is 3. The van der Waals surface area contributed by atoms with Gasteiger partial charge in [-0.25, -0.2) is 19.3 Å². The van der Waals surface area contributed by atoms with Crippen LogP contribution in [-0.4, -0.2) is 46.7 Å². The molecular formula is C21H20F2N6OS. The minimum atomic E-state index is -0.923. The maximum atomic E-state index is 14.9. The summed E-state index contributed by atoms with van der Waals surface area (Å²) in [6.07, 6.45) is 2.43. The van der Waals surface area contributed by atoms with Crippen LogP contribution < -0.4 is 15.5 Å². The van der Waals surface area contributed by atoms with Crippen LogP contribution in [0.4, 0.5) is 26.1 Å². The summed E-state index contributed by atoms with van der Waals surface area (Å²) in [5, 5.41) is 0.410. The largest absolute Gasteiger partial charge is 0.384 e. The zero-order valence-corrected chi connectivity index (χ0v) is 17.4. The van der Waals surface area contributed by atoms with E-state index in [1.54, 1.807) is 40.3 Å². The molecule has 0 aromatic carbocycles. The highest BCUT2D eigenvalue weighted by molar-refractivity contribution is 7.17. The number of nitrogen functional groups attached to an aromatic ring is 1. The first-order valence-corrected chi connectivity index (χ1v) is 10.9. The van der Waals surface area contributed by atoms with Gasteiger partial charge in [0.15, 0.2) is 0 Å². The zero-order chi connectivity index (χ0) is 21.5. The lowest BCUT2D eigenvalue weighted by molar-refractivity contribution is 0.0984. The van der Waals surface area contributed by atoms with Crippen molar-refractivity contribution in [3.05, 3.63) is 47.0 Å². The quantitative estimate of drug-likeness (QED) is 0.625. The van der Waals surface area contributed by atoms with Crippen molar-refractivity contribution < 1.29 is 13.6 Å². The number of piperidine rings is 1. The Hall–Kier alpha value is -3.14. The van der Waals surface area contributed by atoms with E-state index in [1.807, 2.05) is 0 Å². The summed E-state index contributed by atoms with van der Waals surface area (Å²) in [6, 6.07) is 6.67. The summed E-state index contributed by atoms with van der Waals surface area (Å²) < 4.78 is 28.5. The molecule has 2 aliphatic heterocycles. The van der Waals surface area contributed by atoms with E-state index in [0.717, 1.165) is 11.3 Å². The molecule has 1 unspecified atom stereocenters. The molecule has 160 valence electrons. The fourth-order valence-electron chi connectivity index (χ4n) is 3.99. The standard InChI is InChI=1S/C21H20F2N6OS/c22-12-2-1-8-28(11-12)17-4-3-14(19(23)27-17)20-26-15-6-9-29(21(30)18(15)31-20)13-5-7-25-16(24)10-13/h3-5,7,10,12H,1-2,6,8-9,11H2,(H2,24,25). The van der Waals surface area contributed by atoms with Crippen molar-refractivity contribution in [2.75, 3.05) is 35.2 Å². The van der Waals surface area contributed by atoms with E-state index in [-0.39, 0.29) is 18.0 Å². The molecule has 0 bridgehead atoms. The lowest BCUT2D eigenvalue weighted by atomic mass is 10.1. The molecule has 1 saturated heterocycles. The molecular weight excluding hydrogens is 422 g/mol. The van der Waals surface area contributed by atoms with Gasteiger partial charge in [-0.05, 0) is 31.0 Å². The van der Waals surface area contributed by atoms with E-state index < -0.39 is 12.1 Å². The molecule has 2 N–H and O–H groups in total. The number of nitrogens with zero attached hydrogens (tertiary/aromatic N) is 5. The number of nitrogens with two attached hydrogens (primary N) is 1. The fraction of sp³-hybridized carbons (Fsp3) is 0.333. The number of anilines is 3. The second kappa shape index (κ2) is 7.84. The molecule has 0 aliphatic carbocycles. The van der Waals surface area contributed by atoms with Gasteiger partial charge in [0, 0.05) is 37.5 Å². The van der Waals surface area contributed by atoms with E-state index in [4.69, 9.17) is 5.73 Å². The normalized spacial score (nSPS) is 18.9. The minimum absolute atomic E-state index is 0.192. The number of halogens is 2. The first-order valence-electron chi connectivity index (χ1n) is 10.1. The van der Waals surface area contributed by atoms with Crippen molar-refractivity contribution in [1.29, 1.82) is 0 Å². The first-order chi connectivity index (χ1) is 15.0. The Morgan fingerprint density at radius 3 is 2.84 bits per heavy atom. The third kappa shape index (κ3) is 3.71. The summed E-state index contributed by atoms with van der Waals surface area (Å²) in [4.78, 5) is 29.4. The number of alkyl halides is 1. The van der Waals surface area contributed by atoms with Crippen LogP contribution in [-0.2, 0) is 6.42 Å². The maximum absolute atomic E-state index is 14.9. The van der Waals surface area contributed by atoms with Crippen molar-refractivity contribution in [2.24, 2.45) is 0 Å². The van der Waals surface area contributed by atoms with Crippen molar-refractivity contribution in [1.82, 2.24) is 15.0 Å². The van der Waals surface area contributed by atoms with Gasteiger partial charge in [0.25, 0.3) is 5.91 Å². The smallest absolute Gasteiger partial charge is 0.270 e. The molecule has 3 aromatic rings. The molecule has 7 nitrogen and oxygen atoms in total. The molecule has 2 aliphatic rings. The van der Waals surface area contributed by atoms with Crippen LogP contribution >= 0.6 is 11.3 Å². The first kappa shape index (κ1) is 19.8. The van der Waals surface area contributed by atoms with Crippen LogP contribution in [0.25, 0.3) is 10.6 Å². The van der Waals surface area contributed by atoms with Crippen molar-refractivity contribution in [2.45, 2.75) is 25.4 Å². The number of carbonyl (C=O) groups excluding carboxylic acids is 1. The molecule has 0 radical (unpaired) electrons. The average molecular weight is 442 g/mol. The maximum Gasteiger partial charge on any atom is 0.270 e. The van der Waals surface area contributed by atoms with Gasteiger partial charge in [0.2, 0.25) is 5.95 Å². The predicted octanol–water partition coefficient (Wildman–Crippen LogP) is 3.46. The zero-order valence-electron chi connectivity index (χ0n) is 16.6. The van der Waals surface area contributed by atoms with E-state index in [1.165, 1.54) is 0 Å². The molecule has 5 rings (SSSR count). The van der Waals surface area contributed by atoms with Crippen molar-refractivity contribution in [3.63, 3.8) is 0 Å². The highest BCUT2D eigenvalue weighted by atomic mass is 32.1. The van der Waals surface area contributed by atoms with Crippen LogP contribution in [0.2, 0.25) is 0 Å². The Morgan fingerprint density at radius 1 is 1.19 bits per heavy atom. The Labute approximate surface area is 181 Å². The van der Waals surface area contributed by atoms with E-state index in [0.29, 0.717) is 65.3 Å². The van der Waals surface area contributed by atoms with Gasteiger partial charge in [-0.2, -0.15) is 4.39 Å². The molecule has 1 amide bonds. The molecule has 1 fully saturated rings. The summed E-state index contributed by atoms with van der Waals surface area (Å²) in [6.45, 7) is 1.33. The number of pyridine rings is 2. The highest BCUT2D eigenvalue weighted by Crippen LogP contribution is 2.35. The summed E-state index contributed by atoms with van der Waals surface area (Å²) in [7, 11) is 0. The average Bonchev–Trinajstić information content (AvgIpc) is 3.19. The van der Waals surface area contributed by atoms with Gasteiger partial charge in [-0.3, -0.25) is 4.79 Å². The van der Waals surface area contributed by atoms with Crippen LogP contribution in [0.3, 0.4) is 0 Å². The Balaban J connectivity index is 1.42. The van der Waals surface area contributed by atoms with E-state index in [2.05, 4.69) is 15.0 Å². The monoisotopic (exact) mass is 442 g/mol. The number of carbonyl (C=O) groups is 1. The minimum Gasteiger partial charge on any atom is -0.384 e. The molecule has 5 heterocycles. The molecule has 10 heteroatoms. The molecule has 0 saturated carbocycles. The topological polar surface area (TPSA) is 88.2 Å². The lowest BCUT2D eigenvalue weighted by Crippen LogP contribution is -2.37. The van der Waals surface area contributed by atoms with Crippen molar-refractivity contribution >= 4 is 34.6 Å². The van der Waals surface area contributed by atoms with Gasteiger partial charge in [-0.1, -0.05) is 0 Å². The van der Waals surface area contributed by atoms with Gasteiger partial charge in [0.05, 0.1) is 17.8 Å². The number of fused-ring (bicyclic) bond motifs is 1. The van der Waals surface area contributed by atoms with Gasteiger partial charge >= 0.3 is 0 Å². The molecule has 31 heavy (non-hydrogen) atoms. The third-order valence-electron chi connectivity index (χ3n) is 5.54. The number of aromatic nitrogens is 3. The Bertz CT molecular complexity index is 1150. The van der Waals surface area contributed by atoms with E-state index >= 15 is 0 Å². The second-order valence-corrected chi connectivity index (χ2v) is 8.63. The summed E-state index contributed by atoms with van der Waals surface area (Å²) >= 11 is 1.15. The van der Waals surface area contributed by atoms with Crippen LogP contribution in [0.5, 0.6) is 0 Å². The van der Waals surface area contributed by atoms with Gasteiger partial charge in [-0.15, -0.1) is 11.3 Å². The van der Waals surface area contributed by atoms with Crippen LogP contribution in [0.15, 0.2) is 30.5 Å². The summed E-state index contributed by atoms with van der Waals surface area (Å²) in [5.74, 6) is -0.108. The number of hydrogen-bond donors (Lipinski definition) is 1. The van der Waals surface area contributed by atoms with Crippen molar-refractivity contribution in [3.8, 4) is 10.6 Å². The van der Waals surface area contributed by atoms with Crippen LogP contribution in [0.1, 0.15) is 28.2 Å². The van der Waals surface area contributed by atoms with E-state index in [9.17, 15) is 13.6 Å². The SMILES string of the molecule is Nc1cc(N2CCc3nc(-c4ccc(N5CCCC(F)C5)nc4F)sc3C2=O)ccn1. The Kier molecular flexibility index (Phi) is 5.01. The number of amides is 1. The van der Waals surface area contributed by atoms with Crippen LogP contribution in [0, 0.1) is 5.95 Å². The second-order valence-electron chi connectivity index (χ2n) is 7.63. The Morgan fingerprint density at radius 2 is 2.06 bits per heavy atom. The lowest BCUT2D eigenvalue weighted by Gasteiger charge is -2.29. The summed E-state index contributed by atoms with van der Waals surface area (Å²) in [5.41, 5.74) is 7.31. The fourth-order valence-corrected chi connectivity index (χ4v) is 5.06. The highest BCUT2D eigenvalue weighted by Gasteiger charge is 2.30. The molecule has 0 spiro atoms. The number of hydrogen-bond acceptors (Lipinski definition) is 7. The third-order valence-corrected chi connectivity index (χ3v) is 6.66. The number of thiazole rings is 1. The molecule has 3 aromatic heterocycles. The predicted molar refractivity (Wildman–Crippen MR) is 116 cm³/mol. The van der Waals surface area contributed by atoms with Gasteiger partial charge in [0.1, 0.15) is 27.7 Å².